The number of nitrogens with zero attached hydrogens (tertiary/aromatic N) is 2. The van der Waals surface area contributed by atoms with Crippen LogP contribution in [0.25, 0.3) is 0 Å². The summed E-state index contributed by atoms with van der Waals surface area (Å²) in [7, 11) is 0. The molecule has 0 atom stereocenters. The van der Waals surface area contributed by atoms with Crippen LogP contribution in [0.3, 0.4) is 0 Å². The van der Waals surface area contributed by atoms with Crippen LogP contribution in [0.15, 0.2) is 12.1 Å². The number of hydrogen-bond acceptors (Lipinski definition) is 3. The maximum Gasteiger partial charge on any atom is 0.214 e. The van der Waals surface area contributed by atoms with Crippen molar-refractivity contribution in [1.29, 1.82) is 5.26 Å². The number of aryl methyl sites for hydroxylation is 1. The maximum absolute atomic E-state index is 8.68. The Bertz CT molecular complexity index is 328. The highest BCUT2D eigenvalue weighted by molar-refractivity contribution is 5.33. The number of ether oxygens (including phenoxy) is 1. The summed E-state index contributed by atoms with van der Waals surface area (Å²) in [6.07, 6.45) is 0.942. The summed E-state index contributed by atoms with van der Waals surface area (Å²) < 4.78 is 5.32. The van der Waals surface area contributed by atoms with Crippen LogP contribution in [0.5, 0.6) is 5.88 Å². The van der Waals surface area contributed by atoms with E-state index < -0.39 is 0 Å². The third-order valence-corrected chi connectivity index (χ3v) is 1.51. The molecule has 1 rings (SSSR count). The molecule has 0 spiro atoms. The van der Waals surface area contributed by atoms with Crippen LogP contribution in [0.4, 0.5) is 0 Å². The lowest BCUT2D eigenvalue weighted by Crippen LogP contribution is -1.98. The van der Waals surface area contributed by atoms with E-state index in [0.717, 1.165) is 12.1 Å². The Hall–Kier alpha value is -1.56. The summed E-state index contributed by atoms with van der Waals surface area (Å²) in [4.78, 5) is 4.15. The lowest BCUT2D eigenvalue weighted by atomic mass is 10.2. The van der Waals surface area contributed by atoms with Crippen LogP contribution in [0, 0.1) is 18.3 Å². The average Bonchev–Trinajstić information content (AvgIpc) is 2.14. The molecule has 0 aliphatic carbocycles. The second-order valence-electron chi connectivity index (χ2n) is 2.80. The highest BCUT2D eigenvalue weighted by Crippen LogP contribution is 2.11. The summed E-state index contributed by atoms with van der Waals surface area (Å²) in [5.41, 5.74) is 1.41. The zero-order valence-corrected chi connectivity index (χ0v) is 7.87. The van der Waals surface area contributed by atoms with Gasteiger partial charge in [0.15, 0.2) is 0 Å². The molecule has 0 radical (unpaired) electrons. The molecular formula is C10H12N2O. The molecule has 1 aromatic heterocycles. The molecule has 3 nitrogen and oxygen atoms in total. The van der Waals surface area contributed by atoms with E-state index in [1.54, 1.807) is 12.1 Å². The Morgan fingerprint density at radius 1 is 1.54 bits per heavy atom. The fourth-order valence-corrected chi connectivity index (χ4v) is 0.983. The van der Waals surface area contributed by atoms with Gasteiger partial charge in [0.2, 0.25) is 5.88 Å². The van der Waals surface area contributed by atoms with Gasteiger partial charge < -0.3 is 4.74 Å². The molecular weight excluding hydrogens is 164 g/mol. The van der Waals surface area contributed by atoms with Crippen molar-refractivity contribution in [2.45, 2.75) is 20.3 Å². The smallest absolute Gasteiger partial charge is 0.214 e. The standard InChI is InChI=1S/C10H12N2O/c1-3-4-13-10-6-9(7-11)5-8(2)12-10/h5-6H,3-4H2,1-2H3. The maximum atomic E-state index is 8.68. The van der Waals surface area contributed by atoms with Gasteiger partial charge in [0.05, 0.1) is 18.2 Å². The Balaban J connectivity index is 2.83. The number of hydrogen-bond donors (Lipinski definition) is 0. The van der Waals surface area contributed by atoms with Crippen molar-refractivity contribution in [1.82, 2.24) is 4.98 Å². The summed E-state index contributed by atoms with van der Waals surface area (Å²) in [6.45, 7) is 4.52. The minimum absolute atomic E-state index is 0.540. The van der Waals surface area contributed by atoms with Gasteiger partial charge >= 0.3 is 0 Å². The Labute approximate surface area is 78.0 Å². The second-order valence-corrected chi connectivity index (χ2v) is 2.80. The van der Waals surface area contributed by atoms with Gasteiger partial charge in [0, 0.05) is 11.8 Å². The zero-order chi connectivity index (χ0) is 9.68. The minimum atomic E-state index is 0.540. The number of pyridine rings is 1. The fourth-order valence-electron chi connectivity index (χ4n) is 0.983. The summed E-state index contributed by atoms with van der Waals surface area (Å²) in [5.74, 6) is 0.540. The van der Waals surface area contributed by atoms with Gasteiger partial charge in [-0.2, -0.15) is 5.26 Å². The van der Waals surface area contributed by atoms with Gasteiger partial charge in [-0.05, 0) is 19.4 Å². The highest BCUT2D eigenvalue weighted by Gasteiger charge is 1.99. The van der Waals surface area contributed by atoms with Crippen LogP contribution in [0.1, 0.15) is 24.6 Å². The van der Waals surface area contributed by atoms with E-state index in [2.05, 4.69) is 11.1 Å². The van der Waals surface area contributed by atoms with E-state index in [0.29, 0.717) is 18.1 Å². The average molecular weight is 176 g/mol. The van der Waals surface area contributed by atoms with E-state index in [4.69, 9.17) is 10.00 Å². The highest BCUT2D eigenvalue weighted by atomic mass is 16.5. The lowest BCUT2D eigenvalue weighted by Gasteiger charge is -2.04. The third-order valence-electron chi connectivity index (χ3n) is 1.51. The van der Waals surface area contributed by atoms with Gasteiger partial charge in [-0.15, -0.1) is 0 Å². The summed E-state index contributed by atoms with van der Waals surface area (Å²) in [5, 5.41) is 8.68. The third kappa shape index (κ3) is 2.75. The van der Waals surface area contributed by atoms with Crippen LogP contribution >= 0.6 is 0 Å². The van der Waals surface area contributed by atoms with E-state index in [1.165, 1.54) is 0 Å². The zero-order valence-electron chi connectivity index (χ0n) is 7.87. The molecule has 13 heavy (non-hydrogen) atoms. The molecule has 0 aliphatic heterocycles. The van der Waals surface area contributed by atoms with Crippen molar-refractivity contribution < 1.29 is 4.74 Å². The van der Waals surface area contributed by atoms with Crippen molar-refractivity contribution in [2.75, 3.05) is 6.61 Å². The van der Waals surface area contributed by atoms with Gasteiger partial charge in [-0.25, -0.2) is 4.98 Å². The molecule has 0 N–H and O–H groups in total. The normalized spacial score (nSPS) is 9.31. The van der Waals surface area contributed by atoms with Crippen molar-refractivity contribution in [3.8, 4) is 11.9 Å². The van der Waals surface area contributed by atoms with Gasteiger partial charge in [-0.3, -0.25) is 0 Å². The number of aromatic nitrogens is 1. The molecule has 1 aromatic rings. The lowest BCUT2D eigenvalue weighted by molar-refractivity contribution is 0.304. The van der Waals surface area contributed by atoms with Crippen molar-refractivity contribution >= 4 is 0 Å². The van der Waals surface area contributed by atoms with Crippen molar-refractivity contribution in [3.63, 3.8) is 0 Å². The first-order valence-electron chi connectivity index (χ1n) is 4.28. The molecule has 3 heteroatoms. The van der Waals surface area contributed by atoms with Crippen LogP contribution in [-0.4, -0.2) is 11.6 Å². The molecule has 0 bridgehead atoms. The quantitative estimate of drug-likeness (QED) is 0.708. The molecule has 0 fully saturated rings. The first kappa shape index (κ1) is 9.53. The molecule has 0 saturated carbocycles. The topological polar surface area (TPSA) is 45.9 Å². The van der Waals surface area contributed by atoms with E-state index in [-0.39, 0.29) is 0 Å². The number of nitriles is 1. The SMILES string of the molecule is CCCOc1cc(C#N)cc(C)n1. The summed E-state index contributed by atoms with van der Waals surface area (Å²) in [6, 6.07) is 5.45. The Morgan fingerprint density at radius 2 is 2.31 bits per heavy atom. The molecule has 1 heterocycles. The van der Waals surface area contributed by atoms with E-state index >= 15 is 0 Å². The van der Waals surface area contributed by atoms with Crippen LogP contribution < -0.4 is 4.74 Å². The minimum Gasteiger partial charge on any atom is -0.478 e. The first-order valence-corrected chi connectivity index (χ1v) is 4.28. The summed E-state index contributed by atoms with van der Waals surface area (Å²) >= 11 is 0. The van der Waals surface area contributed by atoms with E-state index in [1.807, 2.05) is 13.8 Å². The second kappa shape index (κ2) is 4.46. The number of rotatable bonds is 3. The van der Waals surface area contributed by atoms with E-state index in [9.17, 15) is 0 Å². The molecule has 0 saturated heterocycles. The Kier molecular flexibility index (Phi) is 3.27. The monoisotopic (exact) mass is 176 g/mol. The molecule has 0 amide bonds. The van der Waals surface area contributed by atoms with Gasteiger partial charge in [0.1, 0.15) is 0 Å². The largest absolute Gasteiger partial charge is 0.478 e. The molecule has 68 valence electrons. The first-order chi connectivity index (χ1) is 6.26. The fraction of sp³-hybridized carbons (Fsp3) is 0.400. The molecule has 0 aromatic carbocycles. The van der Waals surface area contributed by atoms with Crippen LogP contribution in [0.2, 0.25) is 0 Å². The van der Waals surface area contributed by atoms with Crippen LogP contribution in [-0.2, 0) is 0 Å². The molecule has 0 unspecified atom stereocenters. The Morgan fingerprint density at radius 3 is 2.92 bits per heavy atom. The van der Waals surface area contributed by atoms with Crippen molar-refractivity contribution in [2.24, 2.45) is 0 Å². The predicted octanol–water partition coefficient (Wildman–Crippen LogP) is 2.05. The van der Waals surface area contributed by atoms with Gasteiger partial charge in [0.25, 0.3) is 0 Å². The molecule has 0 aliphatic rings. The van der Waals surface area contributed by atoms with Crippen molar-refractivity contribution in [3.05, 3.63) is 23.4 Å². The predicted molar refractivity (Wildman–Crippen MR) is 49.5 cm³/mol. The van der Waals surface area contributed by atoms with Gasteiger partial charge in [-0.1, -0.05) is 6.92 Å².